The second-order valence-electron chi connectivity index (χ2n) is 5.79. The van der Waals surface area contributed by atoms with Crippen molar-refractivity contribution in [1.82, 2.24) is 0 Å². The van der Waals surface area contributed by atoms with Gasteiger partial charge in [0.1, 0.15) is 11.5 Å². The number of carbonyl (C=O) groups is 2. The van der Waals surface area contributed by atoms with Crippen LogP contribution in [0.15, 0.2) is 12.1 Å². The molecule has 2 rings (SSSR count). The molecular formula is C15H18ClNO5. The summed E-state index contributed by atoms with van der Waals surface area (Å²) in [5.74, 6) is -1.83. The molecule has 0 bridgehead atoms. The molecule has 1 aliphatic rings. The monoisotopic (exact) mass is 327 g/mol. The van der Waals surface area contributed by atoms with Crippen LogP contribution in [0.25, 0.3) is 0 Å². The Morgan fingerprint density at radius 3 is 2.23 bits per heavy atom. The molecule has 2 atom stereocenters. The lowest BCUT2D eigenvalue weighted by atomic mass is 10.1. The molecule has 0 saturated heterocycles. The van der Waals surface area contributed by atoms with Crippen LogP contribution in [0.4, 0.5) is 5.69 Å². The van der Waals surface area contributed by atoms with Gasteiger partial charge >= 0.3 is 5.97 Å². The first-order valence-electron chi connectivity index (χ1n) is 6.69. The van der Waals surface area contributed by atoms with E-state index in [1.54, 1.807) is 19.9 Å². The minimum absolute atomic E-state index is 0.354. The van der Waals surface area contributed by atoms with Gasteiger partial charge in [-0.15, -0.1) is 0 Å². The van der Waals surface area contributed by atoms with Gasteiger partial charge in [0.15, 0.2) is 0 Å². The average molecular weight is 328 g/mol. The number of methoxy groups -OCH3 is 2. The normalized spacial score (nSPS) is 21.9. The van der Waals surface area contributed by atoms with E-state index in [4.69, 9.17) is 26.2 Å². The Morgan fingerprint density at radius 1 is 1.18 bits per heavy atom. The molecule has 1 saturated carbocycles. The average Bonchev–Trinajstić information content (AvgIpc) is 3.03. The quantitative estimate of drug-likeness (QED) is 0.868. The fraction of sp³-hybridized carbons (Fsp3) is 0.467. The fourth-order valence-corrected chi connectivity index (χ4v) is 2.99. The molecule has 1 aliphatic carbocycles. The molecule has 120 valence electrons. The van der Waals surface area contributed by atoms with E-state index in [-0.39, 0.29) is 5.91 Å². The molecule has 0 aliphatic heterocycles. The second-order valence-corrected chi connectivity index (χ2v) is 6.20. The number of ether oxygens (including phenoxy) is 2. The van der Waals surface area contributed by atoms with E-state index < -0.39 is 23.2 Å². The van der Waals surface area contributed by atoms with Gasteiger partial charge in [-0.3, -0.25) is 9.59 Å². The summed E-state index contributed by atoms with van der Waals surface area (Å²) in [6, 6.07) is 3.08. The smallest absolute Gasteiger partial charge is 0.307 e. The number of hydrogen-bond donors (Lipinski definition) is 2. The van der Waals surface area contributed by atoms with E-state index in [1.807, 2.05) is 0 Å². The predicted octanol–water partition coefficient (Wildman–Crippen LogP) is 2.65. The van der Waals surface area contributed by atoms with Crippen LogP contribution in [0.5, 0.6) is 11.5 Å². The Kier molecular flexibility index (Phi) is 4.24. The highest BCUT2D eigenvalue weighted by Crippen LogP contribution is 2.58. The van der Waals surface area contributed by atoms with E-state index >= 15 is 0 Å². The van der Waals surface area contributed by atoms with Crippen LogP contribution in [-0.2, 0) is 9.59 Å². The lowest BCUT2D eigenvalue weighted by molar-refractivity contribution is -0.140. The van der Waals surface area contributed by atoms with Crippen molar-refractivity contribution in [2.24, 2.45) is 17.3 Å². The van der Waals surface area contributed by atoms with Gasteiger partial charge in [0, 0.05) is 12.1 Å². The number of nitrogens with one attached hydrogen (secondary N) is 1. The molecule has 1 aromatic carbocycles. The molecule has 2 N–H and O–H groups in total. The zero-order valence-electron chi connectivity index (χ0n) is 12.8. The third kappa shape index (κ3) is 2.70. The number of aliphatic carboxylic acids is 1. The molecule has 0 aromatic heterocycles. The van der Waals surface area contributed by atoms with Crippen molar-refractivity contribution in [3.63, 3.8) is 0 Å². The summed E-state index contributed by atoms with van der Waals surface area (Å²) < 4.78 is 10.3. The minimum Gasteiger partial charge on any atom is -0.495 e. The van der Waals surface area contributed by atoms with Crippen LogP contribution in [0, 0.1) is 17.3 Å². The first kappa shape index (κ1) is 16.4. The summed E-state index contributed by atoms with van der Waals surface area (Å²) in [7, 11) is 2.92. The van der Waals surface area contributed by atoms with Crippen molar-refractivity contribution >= 4 is 29.2 Å². The molecule has 0 spiro atoms. The van der Waals surface area contributed by atoms with Crippen molar-refractivity contribution in [2.75, 3.05) is 19.5 Å². The van der Waals surface area contributed by atoms with Gasteiger partial charge < -0.3 is 19.9 Å². The number of hydrogen-bond acceptors (Lipinski definition) is 4. The van der Waals surface area contributed by atoms with Crippen LogP contribution in [0.1, 0.15) is 13.8 Å². The molecule has 1 fully saturated rings. The van der Waals surface area contributed by atoms with Crippen molar-refractivity contribution in [3.8, 4) is 11.5 Å². The van der Waals surface area contributed by atoms with Crippen LogP contribution in [-0.4, -0.2) is 31.2 Å². The highest BCUT2D eigenvalue weighted by molar-refractivity contribution is 6.32. The third-order valence-electron chi connectivity index (χ3n) is 4.11. The van der Waals surface area contributed by atoms with Crippen molar-refractivity contribution in [1.29, 1.82) is 0 Å². The highest BCUT2D eigenvalue weighted by Gasteiger charge is 2.65. The lowest BCUT2D eigenvalue weighted by Crippen LogP contribution is -2.18. The zero-order valence-corrected chi connectivity index (χ0v) is 13.5. The zero-order chi connectivity index (χ0) is 16.7. The Bertz CT molecular complexity index is 629. The minimum atomic E-state index is -0.967. The van der Waals surface area contributed by atoms with Crippen LogP contribution >= 0.6 is 11.6 Å². The molecule has 7 heteroatoms. The molecule has 1 aromatic rings. The fourth-order valence-electron chi connectivity index (χ4n) is 2.76. The summed E-state index contributed by atoms with van der Waals surface area (Å²) in [5, 5.41) is 12.2. The first-order chi connectivity index (χ1) is 10.2. The number of halogens is 1. The van der Waals surface area contributed by atoms with Gasteiger partial charge in [0.05, 0.1) is 36.8 Å². The van der Waals surface area contributed by atoms with Crippen molar-refractivity contribution in [2.45, 2.75) is 13.8 Å². The van der Waals surface area contributed by atoms with Gasteiger partial charge in [-0.1, -0.05) is 25.4 Å². The topological polar surface area (TPSA) is 84.9 Å². The lowest BCUT2D eigenvalue weighted by Gasteiger charge is -2.13. The largest absolute Gasteiger partial charge is 0.495 e. The van der Waals surface area contributed by atoms with Crippen LogP contribution < -0.4 is 14.8 Å². The number of anilines is 1. The Balaban J connectivity index is 2.24. The molecule has 0 heterocycles. The summed E-state index contributed by atoms with van der Waals surface area (Å²) in [5.41, 5.74) is -0.180. The molecular weight excluding hydrogens is 310 g/mol. The number of rotatable bonds is 5. The van der Waals surface area contributed by atoms with Gasteiger partial charge in [0.2, 0.25) is 5.91 Å². The van der Waals surface area contributed by atoms with Crippen molar-refractivity contribution < 1.29 is 24.2 Å². The summed E-state index contributed by atoms with van der Waals surface area (Å²) in [4.78, 5) is 23.5. The standard InChI is InChI=1S/C15H18ClNO5/c1-15(2)11(12(15)14(19)20)13(18)17-8-6-9(21-3)7(16)5-10(8)22-4/h5-6,11-12H,1-4H3,(H,17,18)(H,19,20)/t11-,12+/m0/s1. The maximum Gasteiger partial charge on any atom is 0.307 e. The van der Waals surface area contributed by atoms with E-state index in [0.29, 0.717) is 22.2 Å². The Labute approximate surface area is 133 Å². The van der Waals surface area contributed by atoms with E-state index in [1.165, 1.54) is 20.3 Å². The van der Waals surface area contributed by atoms with Crippen LogP contribution in [0.2, 0.25) is 5.02 Å². The van der Waals surface area contributed by atoms with Gasteiger partial charge in [-0.05, 0) is 5.41 Å². The predicted molar refractivity (Wildman–Crippen MR) is 81.6 cm³/mol. The summed E-state index contributed by atoms with van der Waals surface area (Å²) >= 11 is 6.01. The van der Waals surface area contributed by atoms with E-state index in [2.05, 4.69) is 5.32 Å². The van der Waals surface area contributed by atoms with E-state index in [0.717, 1.165) is 0 Å². The number of amides is 1. The summed E-state index contributed by atoms with van der Waals surface area (Å²) in [6.07, 6.45) is 0. The number of carboxylic acids is 1. The molecule has 6 nitrogen and oxygen atoms in total. The van der Waals surface area contributed by atoms with Gasteiger partial charge in [0.25, 0.3) is 0 Å². The molecule has 22 heavy (non-hydrogen) atoms. The first-order valence-corrected chi connectivity index (χ1v) is 7.07. The number of carbonyl (C=O) groups excluding carboxylic acids is 1. The highest BCUT2D eigenvalue weighted by atomic mass is 35.5. The number of carboxylic acid groups (broad SMARTS) is 1. The van der Waals surface area contributed by atoms with Crippen LogP contribution in [0.3, 0.4) is 0 Å². The second kappa shape index (κ2) is 5.68. The third-order valence-corrected chi connectivity index (χ3v) is 4.40. The molecule has 0 radical (unpaired) electrons. The van der Waals surface area contributed by atoms with Crippen molar-refractivity contribution in [3.05, 3.63) is 17.2 Å². The summed E-state index contributed by atoms with van der Waals surface area (Å²) in [6.45, 7) is 3.52. The SMILES string of the molecule is COc1cc(NC(=O)[C@@H]2[C@H](C(=O)O)C2(C)C)c(OC)cc1Cl. The molecule has 1 amide bonds. The maximum atomic E-state index is 12.4. The molecule has 0 unspecified atom stereocenters. The maximum absolute atomic E-state index is 12.4. The Morgan fingerprint density at radius 2 is 1.77 bits per heavy atom. The van der Waals surface area contributed by atoms with Gasteiger partial charge in [-0.2, -0.15) is 0 Å². The van der Waals surface area contributed by atoms with E-state index in [9.17, 15) is 9.59 Å². The van der Waals surface area contributed by atoms with Gasteiger partial charge in [-0.25, -0.2) is 0 Å². The Hall–Kier alpha value is -1.95. The number of benzene rings is 1.